The Morgan fingerprint density at radius 2 is 2.10 bits per heavy atom. The van der Waals surface area contributed by atoms with E-state index in [1.807, 2.05) is 0 Å². The Balaban J connectivity index is 1.79. The summed E-state index contributed by atoms with van der Waals surface area (Å²) in [6.07, 6.45) is 2.66. The van der Waals surface area contributed by atoms with Gasteiger partial charge in [-0.2, -0.15) is 0 Å². The molecule has 10 nitrogen and oxygen atoms in total. The number of aliphatic hydroxyl groups excluding tert-OH is 1. The van der Waals surface area contributed by atoms with Crippen LogP contribution in [-0.4, -0.2) is 62.2 Å². The minimum absolute atomic E-state index is 0.0342. The maximum absolute atomic E-state index is 14.5. The van der Waals surface area contributed by atoms with Gasteiger partial charge in [-0.25, -0.2) is 12.8 Å². The third-order valence-corrected chi connectivity index (χ3v) is 8.55. The van der Waals surface area contributed by atoms with Crippen LogP contribution < -0.4 is 13.8 Å². The van der Waals surface area contributed by atoms with Crippen molar-refractivity contribution < 1.29 is 36.9 Å². The van der Waals surface area contributed by atoms with E-state index in [0.717, 1.165) is 0 Å². The van der Waals surface area contributed by atoms with Gasteiger partial charge >= 0.3 is 5.97 Å². The first kappa shape index (κ1) is 30.4. The summed E-state index contributed by atoms with van der Waals surface area (Å²) < 4.78 is 61.7. The van der Waals surface area contributed by atoms with E-state index in [4.69, 9.17) is 25.8 Å². The number of esters is 1. The van der Waals surface area contributed by atoms with E-state index in [2.05, 4.69) is 5.10 Å². The molecular formula is C28H31ClFN3O7S. The van der Waals surface area contributed by atoms with Crippen LogP contribution in [0.3, 0.4) is 0 Å². The highest BCUT2D eigenvalue weighted by Crippen LogP contribution is 2.41. The molecule has 4 rings (SSSR count). The second-order valence-corrected chi connectivity index (χ2v) is 11.5. The summed E-state index contributed by atoms with van der Waals surface area (Å²) in [7, 11) is -2.99. The van der Waals surface area contributed by atoms with Crippen LogP contribution in [0.5, 0.6) is 11.6 Å². The summed E-state index contributed by atoms with van der Waals surface area (Å²) >= 11 is 6.24. The molecule has 2 heterocycles. The molecule has 1 N–H and O–H groups in total. The van der Waals surface area contributed by atoms with Crippen molar-refractivity contribution in [1.82, 2.24) is 9.78 Å². The zero-order valence-electron chi connectivity index (χ0n) is 22.8. The van der Waals surface area contributed by atoms with Crippen molar-refractivity contribution in [2.24, 2.45) is 0 Å². The number of carbonyl (C=O) groups excluding carboxylic acids is 1. The molecule has 0 aliphatic carbocycles. The summed E-state index contributed by atoms with van der Waals surface area (Å²) in [5, 5.41) is 13.7. The van der Waals surface area contributed by atoms with E-state index in [-0.39, 0.29) is 65.4 Å². The molecule has 0 saturated carbocycles. The van der Waals surface area contributed by atoms with Crippen LogP contribution in [0.25, 0.3) is 11.6 Å². The highest BCUT2D eigenvalue weighted by molar-refractivity contribution is 7.93. The summed E-state index contributed by atoms with van der Waals surface area (Å²) in [6, 6.07) is 9.39. The largest absolute Gasteiger partial charge is 0.486 e. The molecular weight excluding hydrogens is 577 g/mol. The Kier molecular flexibility index (Phi) is 9.57. The van der Waals surface area contributed by atoms with Crippen molar-refractivity contribution >= 4 is 44.9 Å². The molecule has 0 fully saturated rings. The minimum Gasteiger partial charge on any atom is -0.486 e. The van der Waals surface area contributed by atoms with Crippen molar-refractivity contribution in [1.29, 1.82) is 0 Å². The van der Waals surface area contributed by atoms with Crippen LogP contribution in [0.2, 0.25) is 5.02 Å². The highest BCUT2D eigenvalue weighted by atomic mass is 35.5. The lowest BCUT2D eigenvalue weighted by molar-refractivity contribution is -0.141. The van der Waals surface area contributed by atoms with Crippen LogP contribution in [-0.2, 0) is 26.1 Å². The second kappa shape index (κ2) is 12.9. The lowest BCUT2D eigenvalue weighted by Crippen LogP contribution is -2.43. The Morgan fingerprint density at radius 1 is 1.32 bits per heavy atom. The zero-order valence-corrected chi connectivity index (χ0v) is 24.4. The quantitative estimate of drug-likeness (QED) is 0.249. The van der Waals surface area contributed by atoms with Gasteiger partial charge in [0.2, 0.25) is 0 Å². The Hall–Kier alpha value is -3.61. The Bertz CT molecular complexity index is 1540. The van der Waals surface area contributed by atoms with Crippen molar-refractivity contribution in [2.75, 3.05) is 31.2 Å². The summed E-state index contributed by atoms with van der Waals surface area (Å²) in [4.78, 5) is 11.6. The Labute approximate surface area is 242 Å². The lowest BCUT2D eigenvalue weighted by atomic mass is 10.0. The van der Waals surface area contributed by atoms with Crippen molar-refractivity contribution in [2.45, 2.75) is 44.2 Å². The average Bonchev–Trinajstić information content (AvgIpc) is 3.38. The van der Waals surface area contributed by atoms with Crippen molar-refractivity contribution in [3.8, 4) is 11.6 Å². The number of sulfonamides is 1. The number of rotatable bonds is 11. The number of fused-ring (bicyclic) bond motifs is 1. The predicted molar refractivity (Wildman–Crippen MR) is 152 cm³/mol. The number of aryl methyl sites for hydroxylation is 1. The smallest absolute Gasteiger partial charge is 0.305 e. The van der Waals surface area contributed by atoms with Gasteiger partial charge in [0.15, 0.2) is 4.90 Å². The number of nitrogens with zero attached hydrogens (tertiary/aromatic N) is 3. The van der Waals surface area contributed by atoms with Crippen molar-refractivity contribution in [3.05, 3.63) is 64.6 Å². The fraction of sp³-hybridized carbons (Fsp3) is 0.357. The van der Waals surface area contributed by atoms with Crippen LogP contribution >= 0.6 is 11.6 Å². The Morgan fingerprint density at radius 3 is 2.78 bits per heavy atom. The number of ether oxygens (including phenoxy) is 3. The number of aromatic nitrogens is 2. The monoisotopic (exact) mass is 607 g/mol. The van der Waals surface area contributed by atoms with Crippen LogP contribution in [0, 0.1) is 5.82 Å². The fourth-order valence-electron chi connectivity index (χ4n) is 4.46. The molecule has 0 spiro atoms. The zero-order chi connectivity index (χ0) is 29.7. The second-order valence-electron chi connectivity index (χ2n) is 9.27. The van der Waals surface area contributed by atoms with Crippen LogP contribution in [0.4, 0.5) is 10.1 Å². The van der Waals surface area contributed by atoms with E-state index < -0.39 is 27.9 Å². The molecule has 0 bridgehead atoms. The predicted octanol–water partition coefficient (Wildman–Crippen LogP) is 4.54. The number of carbonyl (C=O) groups is 1. The molecule has 3 aromatic rings. The number of hydrogen-bond donors (Lipinski definition) is 1. The average molecular weight is 608 g/mol. The van der Waals surface area contributed by atoms with Gasteiger partial charge in [-0.3, -0.25) is 13.8 Å². The van der Waals surface area contributed by atoms with Gasteiger partial charge in [-0.15, -0.1) is 5.10 Å². The van der Waals surface area contributed by atoms with E-state index in [1.165, 1.54) is 34.4 Å². The van der Waals surface area contributed by atoms with Gasteiger partial charge in [-0.05, 0) is 55.7 Å². The maximum atomic E-state index is 14.5. The molecule has 0 saturated heterocycles. The number of anilines is 1. The minimum atomic E-state index is -4.27. The standard InChI is InChI=1S/C28H31ClFN3O7S/c1-4-32-17-25(28(31-32)39-13-12-34)41(36,37)33-16-20(9-11-26(35)38-3)40-24-10-8-19(15-23(24)33)14-18(2)27-21(29)6-5-7-22(27)30/h5-8,10,14-15,17,20,34H,4,9,11-13,16H2,1-3H3/b18-14+/t20-/m0/s1. The first-order chi connectivity index (χ1) is 19.6. The lowest BCUT2D eigenvalue weighted by Gasteiger charge is -2.35. The summed E-state index contributed by atoms with van der Waals surface area (Å²) in [6.45, 7) is 3.33. The molecule has 1 aromatic heterocycles. The molecule has 0 amide bonds. The van der Waals surface area contributed by atoms with Gasteiger partial charge in [0.25, 0.3) is 15.9 Å². The normalized spacial score (nSPS) is 15.3. The number of benzene rings is 2. The van der Waals surface area contributed by atoms with Gasteiger partial charge < -0.3 is 19.3 Å². The molecule has 0 unspecified atom stereocenters. The third-order valence-electron chi connectivity index (χ3n) is 6.47. The third kappa shape index (κ3) is 6.66. The van der Waals surface area contributed by atoms with Gasteiger partial charge in [0, 0.05) is 24.7 Å². The number of methoxy groups -OCH3 is 1. The number of halogens is 2. The SMILES string of the molecule is CCn1cc(S(=O)(=O)N2C[C@H](CCC(=O)OC)Oc3ccc(/C=C(\C)c4c(F)cccc4Cl)cc32)c(OCCO)n1. The summed E-state index contributed by atoms with van der Waals surface area (Å²) in [5.74, 6) is -0.774. The molecule has 1 aliphatic heterocycles. The van der Waals surface area contributed by atoms with Crippen LogP contribution in [0.15, 0.2) is 47.5 Å². The van der Waals surface area contributed by atoms with E-state index in [9.17, 15) is 22.7 Å². The number of aliphatic hydroxyl groups is 1. The highest BCUT2D eigenvalue weighted by Gasteiger charge is 2.38. The molecule has 13 heteroatoms. The number of allylic oxidation sites excluding steroid dienone is 1. The van der Waals surface area contributed by atoms with E-state index >= 15 is 0 Å². The van der Waals surface area contributed by atoms with Gasteiger partial charge in [-0.1, -0.05) is 29.8 Å². The molecule has 220 valence electrons. The fourth-order valence-corrected chi connectivity index (χ4v) is 6.35. The first-order valence-electron chi connectivity index (χ1n) is 12.9. The molecule has 1 aliphatic rings. The molecule has 41 heavy (non-hydrogen) atoms. The topological polar surface area (TPSA) is 120 Å². The van der Waals surface area contributed by atoms with Gasteiger partial charge in [0.1, 0.15) is 24.3 Å². The van der Waals surface area contributed by atoms with Crippen molar-refractivity contribution in [3.63, 3.8) is 0 Å². The maximum Gasteiger partial charge on any atom is 0.305 e. The number of hydrogen-bond acceptors (Lipinski definition) is 8. The van der Waals surface area contributed by atoms with E-state index in [1.54, 1.807) is 44.2 Å². The summed E-state index contributed by atoms with van der Waals surface area (Å²) in [5.41, 5.74) is 1.61. The van der Waals surface area contributed by atoms with Gasteiger partial charge in [0.05, 0.1) is 31.0 Å². The van der Waals surface area contributed by atoms with E-state index in [0.29, 0.717) is 17.7 Å². The molecule has 1 atom stereocenters. The first-order valence-corrected chi connectivity index (χ1v) is 14.7. The van der Waals surface area contributed by atoms with Crippen LogP contribution in [0.1, 0.15) is 37.8 Å². The molecule has 2 aromatic carbocycles. The molecule has 0 radical (unpaired) electrons.